The van der Waals surface area contributed by atoms with E-state index in [0.29, 0.717) is 17.8 Å². The number of aryl methyl sites for hydroxylation is 1. The summed E-state index contributed by atoms with van der Waals surface area (Å²) in [5.41, 5.74) is 7.73. The first-order valence-electron chi connectivity index (χ1n) is 5.76. The van der Waals surface area contributed by atoms with Crippen molar-refractivity contribution in [2.45, 2.75) is 26.8 Å². The van der Waals surface area contributed by atoms with Gasteiger partial charge in [0.15, 0.2) is 0 Å². The highest BCUT2D eigenvalue weighted by atomic mass is 16.3. The normalized spacial score (nSPS) is 10.6. The Kier molecular flexibility index (Phi) is 4.52. The van der Waals surface area contributed by atoms with Crippen molar-refractivity contribution in [3.63, 3.8) is 0 Å². The van der Waals surface area contributed by atoms with Gasteiger partial charge in [-0.25, -0.2) is 0 Å². The Labute approximate surface area is 102 Å². The van der Waals surface area contributed by atoms with E-state index in [2.05, 4.69) is 0 Å². The Morgan fingerprint density at radius 3 is 2.59 bits per heavy atom. The highest BCUT2D eigenvalue weighted by Crippen LogP contribution is 2.19. The van der Waals surface area contributed by atoms with Crippen LogP contribution in [0.25, 0.3) is 0 Å². The van der Waals surface area contributed by atoms with Gasteiger partial charge in [-0.2, -0.15) is 0 Å². The van der Waals surface area contributed by atoms with Crippen molar-refractivity contribution < 1.29 is 9.90 Å². The molecule has 0 unspecified atom stereocenters. The number of carbonyl (C=O) groups is 1. The van der Waals surface area contributed by atoms with Crippen molar-refractivity contribution in [1.29, 1.82) is 0 Å². The van der Waals surface area contributed by atoms with Gasteiger partial charge < -0.3 is 15.7 Å². The lowest BCUT2D eigenvalue weighted by Crippen LogP contribution is -2.39. The van der Waals surface area contributed by atoms with Crippen LogP contribution in [-0.2, 0) is 0 Å². The number of amides is 1. The minimum absolute atomic E-state index is 0.0358. The number of anilines is 1. The molecule has 4 nitrogen and oxygen atoms in total. The summed E-state index contributed by atoms with van der Waals surface area (Å²) in [4.78, 5) is 14.0. The fraction of sp³-hybridized carbons (Fsp3) is 0.462. The Morgan fingerprint density at radius 2 is 2.12 bits per heavy atom. The van der Waals surface area contributed by atoms with Gasteiger partial charge in [0.1, 0.15) is 0 Å². The number of hydrogen-bond acceptors (Lipinski definition) is 3. The zero-order valence-corrected chi connectivity index (χ0v) is 10.6. The minimum atomic E-state index is -0.121. The van der Waals surface area contributed by atoms with Crippen LogP contribution in [0, 0.1) is 6.92 Å². The van der Waals surface area contributed by atoms with Crippen LogP contribution in [0.1, 0.15) is 29.8 Å². The Balaban J connectivity index is 3.09. The number of aliphatic hydroxyl groups excluding tert-OH is 1. The second kappa shape index (κ2) is 5.68. The molecule has 4 heteroatoms. The Bertz CT molecular complexity index is 382. The maximum absolute atomic E-state index is 12.4. The zero-order chi connectivity index (χ0) is 13.0. The number of nitrogens with two attached hydrogens (primary N) is 1. The van der Waals surface area contributed by atoms with Crippen molar-refractivity contribution in [1.82, 2.24) is 4.90 Å². The molecule has 0 aliphatic carbocycles. The van der Waals surface area contributed by atoms with Crippen LogP contribution in [-0.4, -0.2) is 35.1 Å². The molecule has 0 aliphatic heterocycles. The van der Waals surface area contributed by atoms with Crippen molar-refractivity contribution in [2.24, 2.45) is 0 Å². The van der Waals surface area contributed by atoms with Gasteiger partial charge in [0.25, 0.3) is 5.91 Å². The van der Waals surface area contributed by atoms with Gasteiger partial charge in [-0.05, 0) is 32.4 Å². The molecule has 0 fully saturated rings. The summed E-state index contributed by atoms with van der Waals surface area (Å²) >= 11 is 0. The average Bonchev–Trinajstić information content (AvgIpc) is 2.24. The first-order valence-corrected chi connectivity index (χ1v) is 5.76. The van der Waals surface area contributed by atoms with Crippen LogP contribution in [0.15, 0.2) is 18.2 Å². The molecule has 0 spiro atoms. The third kappa shape index (κ3) is 2.97. The zero-order valence-electron chi connectivity index (χ0n) is 10.6. The molecule has 0 saturated heterocycles. The number of benzene rings is 1. The molecule has 0 heterocycles. The molecule has 17 heavy (non-hydrogen) atoms. The molecular weight excluding hydrogens is 216 g/mol. The summed E-state index contributed by atoms with van der Waals surface area (Å²) < 4.78 is 0. The smallest absolute Gasteiger partial charge is 0.256 e. The lowest BCUT2D eigenvalue weighted by atomic mass is 10.0. The van der Waals surface area contributed by atoms with Gasteiger partial charge in [0, 0.05) is 18.3 Å². The Morgan fingerprint density at radius 1 is 1.47 bits per heavy atom. The van der Waals surface area contributed by atoms with E-state index in [9.17, 15) is 4.79 Å². The molecule has 0 radical (unpaired) electrons. The molecule has 0 saturated carbocycles. The molecular formula is C13H20N2O2. The molecule has 1 rings (SSSR count). The molecule has 94 valence electrons. The number of nitrogens with zero attached hydrogens (tertiary/aromatic N) is 1. The summed E-state index contributed by atoms with van der Waals surface area (Å²) in [5.74, 6) is -0.121. The van der Waals surface area contributed by atoms with E-state index >= 15 is 0 Å². The lowest BCUT2D eigenvalue weighted by Gasteiger charge is -2.27. The maximum Gasteiger partial charge on any atom is 0.256 e. The first-order chi connectivity index (χ1) is 7.99. The van der Waals surface area contributed by atoms with E-state index in [4.69, 9.17) is 10.8 Å². The molecule has 0 bridgehead atoms. The monoisotopic (exact) mass is 236 g/mol. The number of nitrogen functional groups attached to an aromatic ring is 1. The number of hydrogen-bond donors (Lipinski definition) is 2. The largest absolute Gasteiger partial charge is 0.398 e. The topological polar surface area (TPSA) is 66.6 Å². The summed E-state index contributed by atoms with van der Waals surface area (Å²) in [6, 6.07) is 5.44. The highest BCUT2D eigenvalue weighted by Gasteiger charge is 2.21. The summed E-state index contributed by atoms with van der Waals surface area (Å²) in [5, 5.41) is 8.99. The molecule has 1 aromatic carbocycles. The molecule has 0 aromatic heterocycles. The van der Waals surface area contributed by atoms with E-state index in [1.54, 1.807) is 11.0 Å². The summed E-state index contributed by atoms with van der Waals surface area (Å²) in [6.45, 7) is 5.98. The average molecular weight is 236 g/mol. The van der Waals surface area contributed by atoms with Crippen LogP contribution < -0.4 is 5.73 Å². The van der Waals surface area contributed by atoms with Crippen LogP contribution >= 0.6 is 0 Å². The molecule has 0 aliphatic rings. The van der Waals surface area contributed by atoms with E-state index in [1.165, 1.54) is 0 Å². The molecule has 1 aromatic rings. The van der Waals surface area contributed by atoms with Gasteiger partial charge in [-0.15, -0.1) is 0 Å². The van der Waals surface area contributed by atoms with E-state index in [0.717, 1.165) is 5.56 Å². The maximum atomic E-state index is 12.4. The predicted octanol–water partition coefficient (Wildman–Crippen LogP) is 1.42. The molecule has 3 N–H and O–H groups in total. The van der Waals surface area contributed by atoms with Gasteiger partial charge in [0.05, 0.1) is 12.2 Å². The lowest BCUT2D eigenvalue weighted by molar-refractivity contribution is 0.0665. The second-order valence-electron chi connectivity index (χ2n) is 4.36. The number of aliphatic hydroxyl groups is 1. The minimum Gasteiger partial charge on any atom is -0.398 e. The summed E-state index contributed by atoms with van der Waals surface area (Å²) in [6.07, 6.45) is 0. The number of rotatable bonds is 4. The predicted molar refractivity (Wildman–Crippen MR) is 68.8 cm³/mol. The van der Waals surface area contributed by atoms with Crippen LogP contribution in [0.2, 0.25) is 0 Å². The third-order valence-corrected chi connectivity index (χ3v) is 2.74. The highest BCUT2D eigenvalue weighted by molar-refractivity contribution is 6.00. The Hall–Kier alpha value is -1.55. The van der Waals surface area contributed by atoms with Crippen molar-refractivity contribution >= 4 is 11.6 Å². The van der Waals surface area contributed by atoms with E-state index < -0.39 is 0 Å². The van der Waals surface area contributed by atoms with Crippen LogP contribution in [0.5, 0.6) is 0 Å². The van der Waals surface area contributed by atoms with Gasteiger partial charge in [-0.1, -0.05) is 12.1 Å². The first kappa shape index (κ1) is 13.5. The fourth-order valence-electron chi connectivity index (χ4n) is 1.83. The third-order valence-electron chi connectivity index (χ3n) is 2.74. The molecule has 1 amide bonds. The number of carbonyl (C=O) groups excluding carboxylic acids is 1. The van der Waals surface area contributed by atoms with Gasteiger partial charge in [0.2, 0.25) is 0 Å². The van der Waals surface area contributed by atoms with Crippen LogP contribution in [0.3, 0.4) is 0 Å². The van der Waals surface area contributed by atoms with E-state index in [1.807, 2.05) is 32.9 Å². The van der Waals surface area contributed by atoms with Crippen molar-refractivity contribution in [2.75, 3.05) is 18.9 Å². The molecule has 0 atom stereocenters. The van der Waals surface area contributed by atoms with Crippen molar-refractivity contribution in [3.8, 4) is 0 Å². The second-order valence-corrected chi connectivity index (χ2v) is 4.36. The standard InChI is InChI=1S/C13H20N2O2/c1-9(2)15(7-8-16)13(17)12-10(3)5-4-6-11(12)14/h4-6,9,16H,7-8,14H2,1-3H3. The quantitative estimate of drug-likeness (QED) is 0.777. The van der Waals surface area contributed by atoms with Crippen molar-refractivity contribution in [3.05, 3.63) is 29.3 Å². The fourth-order valence-corrected chi connectivity index (χ4v) is 1.83. The van der Waals surface area contributed by atoms with Gasteiger partial charge in [-0.3, -0.25) is 4.79 Å². The van der Waals surface area contributed by atoms with E-state index in [-0.39, 0.29) is 18.6 Å². The summed E-state index contributed by atoms with van der Waals surface area (Å²) in [7, 11) is 0. The van der Waals surface area contributed by atoms with Crippen LogP contribution in [0.4, 0.5) is 5.69 Å². The van der Waals surface area contributed by atoms with Gasteiger partial charge >= 0.3 is 0 Å². The SMILES string of the molecule is Cc1cccc(N)c1C(=O)N(CCO)C(C)C.